The molecule has 1 fully saturated rings. The van der Waals surface area contributed by atoms with Gasteiger partial charge in [-0.2, -0.15) is 0 Å². The minimum atomic E-state index is -0.200. The van der Waals surface area contributed by atoms with Crippen molar-refractivity contribution in [1.29, 1.82) is 0 Å². The Bertz CT molecular complexity index is 113. The molecule has 80 valence electrons. The molecular formula is C10H22ClNO. The first kappa shape index (κ1) is 13.2. The van der Waals surface area contributed by atoms with Crippen molar-refractivity contribution in [2.45, 2.75) is 45.1 Å². The smallest absolute Gasteiger partial charge is 0.0636 e. The van der Waals surface area contributed by atoms with E-state index in [0.29, 0.717) is 0 Å². The van der Waals surface area contributed by atoms with Crippen molar-refractivity contribution in [3.05, 3.63) is 0 Å². The molecule has 0 aliphatic heterocycles. The summed E-state index contributed by atoms with van der Waals surface area (Å²) >= 11 is 0. The monoisotopic (exact) mass is 207 g/mol. The average Bonchev–Trinajstić information content (AvgIpc) is 2.05. The van der Waals surface area contributed by atoms with Crippen LogP contribution in [-0.2, 0) is 0 Å². The maximum atomic E-state index is 9.02. The molecule has 1 rings (SSSR count). The molecule has 0 aromatic rings. The number of aliphatic hydroxyl groups excluding tert-OH is 1. The molecule has 13 heavy (non-hydrogen) atoms. The number of hydrogen-bond donors (Lipinski definition) is 2. The van der Waals surface area contributed by atoms with Gasteiger partial charge in [0.25, 0.3) is 0 Å². The average molecular weight is 208 g/mol. The van der Waals surface area contributed by atoms with Crippen LogP contribution in [0.1, 0.15) is 39.0 Å². The van der Waals surface area contributed by atoms with Crippen molar-refractivity contribution in [2.75, 3.05) is 13.1 Å². The van der Waals surface area contributed by atoms with E-state index < -0.39 is 0 Å². The van der Waals surface area contributed by atoms with Gasteiger partial charge in [0, 0.05) is 6.54 Å². The molecule has 2 N–H and O–H groups in total. The van der Waals surface area contributed by atoms with Gasteiger partial charge in [0.15, 0.2) is 0 Å². The zero-order valence-electron chi connectivity index (χ0n) is 8.46. The zero-order valence-corrected chi connectivity index (χ0v) is 9.28. The normalized spacial score (nSPS) is 20.8. The van der Waals surface area contributed by atoms with Crippen molar-refractivity contribution in [3.63, 3.8) is 0 Å². The Morgan fingerprint density at radius 2 is 1.92 bits per heavy atom. The number of rotatable bonds is 4. The molecular weight excluding hydrogens is 186 g/mol. The van der Waals surface area contributed by atoms with Crippen LogP contribution in [0.5, 0.6) is 0 Å². The van der Waals surface area contributed by atoms with E-state index in [-0.39, 0.29) is 18.5 Å². The van der Waals surface area contributed by atoms with Gasteiger partial charge in [-0.1, -0.05) is 19.3 Å². The molecule has 1 atom stereocenters. The molecule has 0 amide bonds. The standard InChI is InChI=1S/C10H21NO.ClH/c1-9(12)7-11-8-10-5-3-2-4-6-10;/h9-12H,2-8H2,1H3;1H. The fraction of sp³-hybridized carbons (Fsp3) is 1.00. The van der Waals surface area contributed by atoms with Crippen molar-refractivity contribution < 1.29 is 5.11 Å². The Kier molecular flexibility index (Phi) is 7.72. The van der Waals surface area contributed by atoms with Crippen molar-refractivity contribution >= 4 is 12.4 Å². The molecule has 1 unspecified atom stereocenters. The van der Waals surface area contributed by atoms with Crippen LogP contribution in [0.25, 0.3) is 0 Å². The molecule has 0 aromatic carbocycles. The molecule has 1 aliphatic carbocycles. The quantitative estimate of drug-likeness (QED) is 0.739. The molecule has 0 radical (unpaired) electrons. The third-order valence-electron chi connectivity index (χ3n) is 2.60. The van der Waals surface area contributed by atoms with E-state index in [2.05, 4.69) is 5.32 Å². The first-order valence-electron chi connectivity index (χ1n) is 5.18. The van der Waals surface area contributed by atoms with Gasteiger partial charge in [0.1, 0.15) is 0 Å². The largest absolute Gasteiger partial charge is 0.392 e. The van der Waals surface area contributed by atoms with Crippen molar-refractivity contribution in [3.8, 4) is 0 Å². The van der Waals surface area contributed by atoms with Crippen LogP contribution in [0, 0.1) is 5.92 Å². The van der Waals surface area contributed by atoms with Crippen LogP contribution in [0.3, 0.4) is 0 Å². The summed E-state index contributed by atoms with van der Waals surface area (Å²) in [6.07, 6.45) is 6.79. The summed E-state index contributed by atoms with van der Waals surface area (Å²) < 4.78 is 0. The van der Waals surface area contributed by atoms with Crippen LogP contribution in [0.15, 0.2) is 0 Å². The molecule has 1 saturated carbocycles. The number of nitrogens with one attached hydrogen (secondary N) is 1. The molecule has 0 heterocycles. The summed E-state index contributed by atoms with van der Waals surface area (Å²) in [5.74, 6) is 0.873. The first-order chi connectivity index (χ1) is 5.79. The third-order valence-corrected chi connectivity index (χ3v) is 2.60. The summed E-state index contributed by atoms with van der Waals surface area (Å²) in [6.45, 7) is 3.68. The predicted molar refractivity (Wildman–Crippen MR) is 58.4 cm³/mol. The van der Waals surface area contributed by atoms with E-state index in [0.717, 1.165) is 19.0 Å². The van der Waals surface area contributed by atoms with Crippen molar-refractivity contribution in [1.82, 2.24) is 5.32 Å². The van der Waals surface area contributed by atoms with Crippen molar-refractivity contribution in [2.24, 2.45) is 5.92 Å². The van der Waals surface area contributed by atoms with Gasteiger partial charge in [0.05, 0.1) is 6.10 Å². The highest BCUT2D eigenvalue weighted by Gasteiger charge is 2.12. The second-order valence-electron chi connectivity index (χ2n) is 4.01. The van der Waals surface area contributed by atoms with Gasteiger partial charge < -0.3 is 10.4 Å². The summed E-state index contributed by atoms with van der Waals surface area (Å²) in [4.78, 5) is 0. The van der Waals surface area contributed by atoms with Crippen LogP contribution in [0.4, 0.5) is 0 Å². The summed E-state index contributed by atoms with van der Waals surface area (Å²) in [5, 5.41) is 12.3. The topological polar surface area (TPSA) is 32.3 Å². The number of aliphatic hydroxyl groups is 1. The summed E-state index contributed by atoms with van der Waals surface area (Å²) in [7, 11) is 0. The molecule has 0 bridgehead atoms. The maximum Gasteiger partial charge on any atom is 0.0636 e. The SMILES string of the molecule is CC(O)CNCC1CCCCC1.Cl. The van der Waals surface area contributed by atoms with Gasteiger partial charge in [-0.15, -0.1) is 12.4 Å². The minimum absolute atomic E-state index is 0. The van der Waals surface area contributed by atoms with E-state index in [1.807, 2.05) is 6.92 Å². The Hall–Kier alpha value is 0.210. The highest BCUT2D eigenvalue weighted by atomic mass is 35.5. The van der Waals surface area contributed by atoms with Gasteiger partial charge in [0.2, 0.25) is 0 Å². The van der Waals surface area contributed by atoms with Crippen LogP contribution in [0.2, 0.25) is 0 Å². The molecule has 3 heteroatoms. The minimum Gasteiger partial charge on any atom is -0.392 e. The lowest BCUT2D eigenvalue weighted by Gasteiger charge is -2.22. The first-order valence-corrected chi connectivity index (χ1v) is 5.18. The van der Waals surface area contributed by atoms with Crippen LogP contribution >= 0.6 is 12.4 Å². The third kappa shape index (κ3) is 6.30. The lowest BCUT2D eigenvalue weighted by atomic mass is 9.89. The molecule has 0 saturated heterocycles. The van der Waals surface area contributed by atoms with Gasteiger partial charge in [-0.3, -0.25) is 0 Å². The van der Waals surface area contributed by atoms with E-state index in [1.165, 1.54) is 32.1 Å². The number of hydrogen-bond acceptors (Lipinski definition) is 2. The Morgan fingerprint density at radius 1 is 1.31 bits per heavy atom. The molecule has 0 aromatic heterocycles. The van der Waals surface area contributed by atoms with Crippen LogP contribution in [-0.4, -0.2) is 24.3 Å². The second kappa shape index (κ2) is 7.60. The summed E-state index contributed by atoms with van der Waals surface area (Å²) in [5.41, 5.74) is 0. The predicted octanol–water partition coefficient (Wildman–Crippen LogP) is 1.96. The lowest BCUT2D eigenvalue weighted by molar-refractivity contribution is 0.187. The Labute approximate surface area is 87.5 Å². The van der Waals surface area contributed by atoms with E-state index in [9.17, 15) is 0 Å². The highest BCUT2D eigenvalue weighted by molar-refractivity contribution is 5.85. The Balaban J connectivity index is 0.00000144. The summed E-state index contributed by atoms with van der Waals surface area (Å²) in [6, 6.07) is 0. The molecule has 1 aliphatic rings. The number of halogens is 1. The highest BCUT2D eigenvalue weighted by Crippen LogP contribution is 2.22. The molecule has 0 spiro atoms. The lowest BCUT2D eigenvalue weighted by Crippen LogP contribution is -2.30. The van der Waals surface area contributed by atoms with Crippen LogP contribution < -0.4 is 5.32 Å². The zero-order chi connectivity index (χ0) is 8.81. The second-order valence-corrected chi connectivity index (χ2v) is 4.01. The fourth-order valence-corrected chi connectivity index (χ4v) is 1.89. The maximum absolute atomic E-state index is 9.02. The van der Waals surface area contributed by atoms with Gasteiger partial charge in [-0.05, 0) is 32.2 Å². The fourth-order valence-electron chi connectivity index (χ4n) is 1.89. The van der Waals surface area contributed by atoms with Gasteiger partial charge >= 0.3 is 0 Å². The van der Waals surface area contributed by atoms with E-state index in [4.69, 9.17) is 5.11 Å². The Morgan fingerprint density at radius 3 is 2.46 bits per heavy atom. The van der Waals surface area contributed by atoms with Gasteiger partial charge in [-0.25, -0.2) is 0 Å². The van der Waals surface area contributed by atoms with E-state index in [1.54, 1.807) is 0 Å². The molecule has 2 nitrogen and oxygen atoms in total. The van der Waals surface area contributed by atoms with E-state index >= 15 is 0 Å².